The van der Waals surface area contributed by atoms with Gasteiger partial charge in [0.2, 0.25) is 0 Å². The molecule has 0 aliphatic carbocycles. The highest BCUT2D eigenvalue weighted by atomic mass is 16.5. The van der Waals surface area contributed by atoms with Crippen molar-refractivity contribution in [2.75, 3.05) is 6.61 Å². The highest BCUT2D eigenvalue weighted by molar-refractivity contribution is 5.12. The van der Waals surface area contributed by atoms with Crippen molar-refractivity contribution < 1.29 is 4.74 Å². The summed E-state index contributed by atoms with van der Waals surface area (Å²) >= 11 is 0. The molecule has 1 aromatic heterocycles. The van der Waals surface area contributed by atoms with Crippen molar-refractivity contribution in [3.8, 4) is 0 Å². The molecule has 5 heteroatoms. The molecule has 0 bridgehead atoms. The summed E-state index contributed by atoms with van der Waals surface area (Å²) in [7, 11) is 1.90. The van der Waals surface area contributed by atoms with Gasteiger partial charge in [-0.05, 0) is 26.8 Å². The fraction of sp³-hybridized carbons (Fsp3) is 0.700. The fourth-order valence-electron chi connectivity index (χ4n) is 1.46. The Hall–Kier alpha value is -0.910. The molecule has 1 heterocycles. The number of aryl methyl sites for hydroxylation is 2. The zero-order valence-corrected chi connectivity index (χ0v) is 9.82. The summed E-state index contributed by atoms with van der Waals surface area (Å²) in [6.45, 7) is 6.51. The lowest BCUT2D eigenvalue weighted by Gasteiger charge is -2.17. The zero-order chi connectivity index (χ0) is 11.4. The normalized spacial score (nSPS) is 13.5. The molecule has 5 nitrogen and oxygen atoms in total. The minimum absolute atomic E-state index is 0.0152. The van der Waals surface area contributed by atoms with Gasteiger partial charge in [-0.3, -0.25) is 10.5 Å². The number of rotatable bonds is 5. The highest BCUT2D eigenvalue weighted by Gasteiger charge is 2.15. The van der Waals surface area contributed by atoms with Gasteiger partial charge in [-0.1, -0.05) is 0 Å². The van der Waals surface area contributed by atoms with Crippen molar-refractivity contribution >= 4 is 0 Å². The Morgan fingerprint density at radius 2 is 2.27 bits per heavy atom. The second kappa shape index (κ2) is 5.25. The SMILES string of the molecule is Cc1cc(C(COC(C)C)NN)n(C)n1. The van der Waals surface area contributed by atoms with E-state index in [2.05, 4.69) is 10.5 Å². The Bertz CT molecular complexity index is 308. The minimum Gasteiger partial charge on any atom is -0.377 e. The monoisotopic (exact) mass is 212 g/mol. The maximum atomic E-state index is 5.53. The third-order valence-corrected chi connectivity index (χ3v) is 2.19. The molecule has 86 valence electrons. The summed E-state index contributed by atoms with van der Waals surface area (Å²) in [6, 6.07) is 1.99. The first-order valence-electron chi connectivity index (χ1n) is 5.13. The van der Waals surface area contributed by atoms with Crippen LogP contribution in [0.25, 0.3) is 0 Å². The standard InChI is InChI=1S/C10H20N4O/c1-7(2)15-6-9(12-11)10-5-8(3)13-14(10)4/h5,7,9,12H,6,11H2,1-4H3. The third kappa shape index (κ3) is 3.30. The predicted molar refractivity (Wildman–Crippen MR) is 59.1 cm³/mol. The quantitative estimate of drug-likeness (QED) is 0.556. The molecule has 15 heavy (non-hydrogen) atoms. The summed E-state index contributed by atoms with van der Waals surface area (Å²) in [5.74, 6) is 5.50. The topological polar surface area (TPSA) is 65.1 Å². The van der Waals surface area contributed by atoms with Crippen LogP contribution in [0.2, 0.25) is 0 Å². The van der Waals surface area contributed by atoms with Gasteiger partial charge in [0.15, 0.2) is 0 Å². The second-order valence-electron chi connectivity index (χ2n) is 3.94. The van der Waals surface area contributed by atoms with E-state index in [1.807, 2.05) is 38.6 Å². The van der Waals surface area contributed by atoms with Crippen LogP contribution < -0.4 is 11.3 Å². The van der Waals surface area contributed by atoms with Crippen LogP contribution in [0.5, 0.6) is 0 Å². The summed E-state index contributed by atoms with van der Waals surface area (Å²) in [6.07, 6.45) is 0.204. The van der Waals surface area contributed by atoms with E-state index in [0.29, 0.717) is 6.61 Å². The molecule has 1 rings (SSSR count). The Morgan fingerprint density at radius 1 is 1.60 bits per heavy atom. The molecular weight excluding hydrogens is 192 g/mol. The summed E-state index contributed by atoms with van der Waals surface area (Å²) in [5.41, 5.74) is 4.76. The van der Waals surface area contributed by atoms with Gasteiger partial charge in [-0.2, -0.15) is 5.10 Å². The van der Waals surface area contributed by atoms with Gasteiger partial charge in [-0.25, -0.2) is 5.43 Å². The number of hydrazine groups is 1. The maximum absolute atomic E-state index is 5.53. The van der Waals surface area contributed by atoms with Crippen LogP contribution in [0.4, 0.5) is 0 Å². The first-order chi connectivity index (χ1) is 7.04. The predicted octanol–water partition coefficient (Wildman–Crippen LogP) is 0.658. The molecular formula is C10H20N4O. The van der Waals surface area contributed by atoms with Gasteiger partial charge < -0.3 is 4.74 Å². The van der Waals surface area contributed by atoms with E-state index >= 15 is 0 Å². The molecule has 0 aliphatic rings. The van der Waals surface area contributed by atoms with Gasteiger partial charge in [0, 0.05) is 7.05 Å². The van der Waals surface area contributed by atoms with E-state index in [1.165, 1.54) is 0 Å². The van der Waals surface area contributed by atoms with Crippen molar-refractivity contribution in [2.24, 2.45) is 12.9 Å². The summed E-state index contributed by atoms with van der Waals surface area (Å²) in [4.78, 5) is 0. The van der Waals surface area contributed by atoms with Crippen LogP contribution in [0.1, 0.15) is 31.3 Å². The smallest absolute Gasteiger partial charge is 0.0862 e. The lowest BCUT2D eigenvalue weighted by Crippen LogP contribution is -2.33. The zero-order valence-electron chi connectivity index (χ0n) is 9.82. The van der Waals surface area contributed by atoms with E-state index < -0.39 is 0 Å². The second-order valence-corrected chi connectivity index (χ2v) is 3.94. The first kappa shape index (κ1) is 12.2. The fourth-order valence-corrected chi connectivity index (χ4v) is 1.46. The molecule has 0 aliphatic heterocycles. The van der Waals surface area contributed by atoms with Crippen LogP contribution in [0.15, 0.2) is 6.07 Å². The molecule has 0 spiro atoms. The number of nitrogens with one attached hydrogen (secondary N) is 1. The number of hydrogen-bond acceptors (Lipinski definition) is 4. The van der Waals surface area contributed by atoms with Crippen LogP contribution in [-0.2, 0) is 11.8 Å². The molecule has 1 unspecified atom stereocenters. The summed E-state index contributed by atoms with van der Waals surface area (Å²) in [5, 5.41) is 4.27. The average Bonchev–Trinajstić information content (AvgIpc) is 2.46. The Kier molecular flexibility index (Phi) is 4.26. The molecule has 0 aromatic carbocycles. The lowest BCUT2D eigenvalue weighted by atomic mass is 10.2. The highest BCUT2D eigenvalue weighted by Crippen LogP contribution is 2.13. The molecule has 0 saturated carbocycles. The minimum atomic E-state index is -0.0152. The van der Waals surface area contributed by atoms with E-state index in [0.717, 1.165) is 11.4 Å². The van der Waals surface area contributed by atoms with Gasteiger partial charge in [-0.15, -0.1) is 0 Å². The van der Waals surface area contributed by atoms with Crippen LogP contribution >= 0.6 is 0 Å². The Morgan fingerprint density at radius 3 is 2.67 bits per heavy atom. The van der Waals surface area contributed by atoms with E-state index in [9.17, 15) is 0 Å². The number of aromatic nitrogens is 2. The van der Waals surface area contributed by atoms with Gasteiger partial charge in [0.25, 0.3) is 0 Å². The van der Waals surface area contributed by atoms with Gasteiger partial charge in [0.1, 0.15) is 0 Å². The van der Waals surface area contributed by atoms with E-state index in [4.69, 9.17) is 10.6 Å². The number of ether oxygens (including phenoxy) is 1. The molecule has 1 atom stereocenters. The molecule has 1 aromatic rings. The van der Waals surface area contributed by atoms with Gasteiger partial charge in [0.05, 0.1) is 30.1 Å². The van der Waals surface area contributed by atoms with Crippen molar-refractivity contribution in [1.29, 1.82) is 0 Å². The number of nitrogens with two attached hydrogens (primary N) is 1. The van der Waals surface area contributed by atoms with Crippen molar-refractivity contribution in [3.05, 3.63) is 17.5 Å². The molecule has 0 radical (unpaired) electrons. The number of nitrogens with zero attached hydrogens (tertiary/aromatic N) is 2. The van der Waals surface area contributed by atoms with E-state index in [1.54, 1.807) is 0 Å². The molecule has 0 saturated heterocycles. The van der Waals surface area contributed by atoms with Gasteiger partial charge >= 0.3 is 0 Å². The van der Waals surface area contributed by atoms with Crippen molar-refractivity contribution in [3.63, 3.8) is 0 Å². The summed E-state index contributed by atoms with van der Waals surface area (Å²) < 4.78 is 7.35. The Balaban J connectivity index is 2.69. The van der Waals surface area contributed by atoms with Crippen LogP contribution in [0.3, 0.4) is 0 Å². The molecule has 0 amide bonds. The van der Waals surface area contributed by atoms with Crippen LogP contribution in [0, 0.1) is 6.92 Å². The third-order valence-electron chi connectivity index (χ3n) is 2.19. The first-order valence-corrected chi connectivity index (χ1v) is 5.13. The lowest BCUT2D eigenvalue weighted by molar-refractivity contribution is 0.0596. The number of hydrogen-bond donors (Lipinski definition) is 2. The molecule has 0 fully saturated rings. The average molecular weight is 212 g/mol. The maximum Gasteiger partial charge on any atom is 0.0862 e. The van der Waals surface area contributed by atoms with Crippen molar-refractivity contribution in [1.82, 2.24) is 15.2 Å². The van der Waals surface area contributed by atoms with E-state index in [-0.39, 0.29) is 12.1 Å². The Labute approximate surface area is 90.6 Å². The van der Waals surface area contributed by atoms with Crippen molar-refractivity contribution in [2.45, 2.75) is 32.9 Å². The molecule has 3 N–H and O–H groups in total. The largest absolute Gasteiger partial charge is 0.377 e. The van der Waals surface area contributed by atoms with Crippen LogP contribution in [-0.4, -0.2) is 22.5 Å².